The molecule has 0 fully saturated rings. The van der Waals surface area contributed by atoms with E-state index in [2.05, 4.69) is 27.9 Å². The third-order valence-corrected chi connectivity index (χ3v) is 6.99. The quantitative estimate of drug-likeness (QED) is 0.432. The lowest BCUT2D eigenvalue weighted by molar-refractivity contribution is -0.140. The molecule has 0 saturated carbocycles. The van der Waals surface area contributed by atoms with Crippen LogP contribution >= 0.6 is 0 Å². The number of carbonyl (C=O) groups excluding carboxylic acids is 2. The number of ether oxygens (including phenoxy) is 1. The van der Waals surface area contributed by atoms with Gasteiger partial charge in [-0.3, -0.25) is 19.3 Å². The van der Waals surface area contributed by atoms with Gasteiger partial charge in [-0.25, -0.2) is 8.42 Å². The summed E-state index contributed by atoms with van der Waals surface area (Å²) in [5.74, 6) is -0.972. The average molecular weight is 480 g/mol. The minimum absolute atomic E-state index is 0.0795. The van der Waals surface area contributed by atoms with Crippen LogP contribution in [0.25, 0.3) is 5.69 Å². The van der Waals surface area contributed by atoms with Crippen molar-refractivity contribution in [3.8, 4) is 5.69 Å². The van der Waals surface area contributed by atoms with E-state index < -0.39 is 29.1 Å². The molecule has 0 spiro atoms. The molecule has 4 rings (SSSR count). The van der Waals surface area contributed by atoms with Gasteiger partial charge in [-0.1, -0.05) is 18.2 Å². The van der Waals surface area contributed by atoms with Crippen molar-refractivity contribution in [1.82, 2.24) is 9.29 Å². The van der Waals surface area contributed by atoms with Crippen molar-refractivity contribution in [1.29, 1.82) is 0 Å². The van der Waals surface area contributed by atoms with Crippen LogP contribution in [0.2, 0.25) is 0 Å². The van der Waals surface area contributed by atoms with Gasteiger partial charge in [0.05, 0.1) is 4.90 Å². The zero-order valence-electron chi connectivity index (χ0n) is 19.4. The Kier molecular flexibility index (Phi) is 6.14. The molecule has 1 aromatic heterocycles. The summed E-state index contributed by atoms with van der Waals surface area (Å²) in [5, 5.41) is 0. The Hall–Kier alpha value is -3.72. The van der Waals surface area contributed by atoms with Crippen LogP contribution in [0.5, 0.6) is 0 Å². The maximum absolute atomic E-state index is 12.8. The standard InChI is InChI=1S/C25H25N3O5S/c1-15-9-16(2)11-19(10-15)28-17(3)12-21(18(28)4)22(29)14-33-24(30)13-26-25-20-7-5-6-8-23(20)34(31,32)27-25/h5-12H,13-14H2,1-4H3,(H,26,27). The summed E-state index contributed by atoms with van der Waals surface area (Å²) in [7, 11) is -3.69. The second kappa shape index (κ2) is 8.90. The van der Waals surface area contributed by atoms with Gasteiger partial charge in [-0.2, -0.15) is 0 Å². The maximum Gasteiger partial charge on any atom is 0.328 e. The number of aromatic nitrogens is 1. The van der Waals surface area contributed by atoms with Gasteiger partial charge >= 0.3 is 5.97 Å². The summed E-state index contributed by atoms with van der Waals surface area (Å²) < 4.78 is 33.7. The Bertz CT molecular complexity index is 1430. The van der Waals surface area contributed by atoms with Crippen LogP contribution in [-0.2, 0) is 19.6 Å². The molecule has 9 heteroatoms. The molecule has 0 aliphatic carbocycles. The molecule has 0 bridgehead atoms. The van der Waals surface area contributed by atoms with Crippen LogP contribution in [0.15, 0.2) is 58.4 Å². The molecule has 0 saturated heterocycles. The highest BCUT2D eigenvalue weighted by atomic mass is 32.2. The van der Waals surface area contributed by atoms with Crippen molar-refractivity contribution in [2.45, 2.75) is 32.6 Å². The Balaban J connectivity index is 1.44. The molecule has 0 atom stereocenters. The van der Waals surface area contributed by atoms with Crippen molar-refractivity contribution in [3.63, 3.8) is 0 Å². The second-order valence-electron chi connectivity index (χ2n) is 8.32. The first-order valence-electron chi connectivity index (χ1n) is 10.7. The molecule has 2 aromatic carbocycles. The van der Waals surface area contributed by atoms with E-state index >= 15 is 0 Å². The Morgan fingerprint density at radius 3 is 2.38 bits per heavy atom. The van der Waals surface area contributed by atoms with E-state index in [1.54, 1.807) is 24.3 Å². The zero-order chi connectivity index (χ0) is 24.6. The van der Waals surface area contributed by atoms with Crippen LogP contribution < -0.4 is 4.72 Å². The molecule has 2 heterocycles. The Morgan fingerprint density at radius 2 is 1.68 bits per heavy atom. The molecule has 3 aromatic rings. The fourth-order valence-electron chi connectivity index (χ4n) is 4.19. The van der Waals surface area contributed by atoms with Crippen LogP contribution in [0.3, 0.4) is 0 Å². The van der Waals surface area contributed by atoms with Gasteiger partial charge in [0.15, 0.2) is 6.61 Å². The van der Waals surface area contributed by atoms with Gasteiger partial charge in [0.25, 0.3) is 10.0 Å². The number of nitrogens with zero attached hydrogens (tertiary/aromatic N) is 2. The van der Waals surface area contributed by atoms with Gasteiger partial charge in [0.2, 0.25) is 5.78 Å². The lowest BCUT2D eigenvalue weighted by Gasteiger charge is -2.12. The number of sulfonamides is 1. The molecule has 34 heavy (non-hydrogen) atoms. The molecular weight excluding hydrogens is 454 g/mol. The van der Waals surface area contributed by atoms with E-state index in [4.69, 9.17) is 4.74 Å². The number of rotatable bonds is 6. The number of carbonyl (C=O) groups is 2. The largest absolute Gasteiger partial charge is 0.456 e. The van der Waals surface area contributed by atoms with E-state index in [1.807, 2.05) is 32.3 Å². The highest BCUT2D eigenvalue weighted by Gasteiger charge is 2.30. The third-order valence-electron chi connectivity index (χ3n) is 5.59. The van der Waals surface area contributed by atoms with Gasteiger partial charge in [-0.15, -0.1) is 0 Å². The number of aryl methyl sites for hydroxylation is 3. The van der Waals surface area contributed by atoms with Crippen molar-refractivity contribution < 1.29 is 22.7 Å². The number of benzene rings is 2. The average Bonchev–Trinajstić information content (AvgIpc) is 3.22. The number of ketones is 1. The number of fused-ring (bicyclic) bond motifs is 1. The summed E-state index contributed by atoms with van der Waals surface area (Å²) >= 11 is 0. The van der Waals surface area contributed by atoms with E-state index in [1.165, 1.54) is 6.07 Å². The molecule has 0 unspecified atom stereocenters. The predicted molar refractivity (Wildman–Crippen MR) is 128 cm³/mol. The molecule has 0 amide bonds. The number of esters is 1. The molecular formula is C25H25N3O5S. The fourth-order valence-corrected chi connectivity index (χ4v) is 5.44. The second-order valence-corrected chi connectivity index (χ2v) is 9.97. The zero-order valence-corrected chi connectivity index (χ0v) is 20.2. The van der Waals surface area contributed by atoms with Crippen molar-refractivity contribution >= 4 is 27.6 Å². The topological polar surface area (TPSA) is 107 Å². The number of nitrogens with one attached hydrogen (secondary N) is 1. The van der Waals surface area contributed by atoms with Crippen molar-refractivity contribution in [3.05, 3.63) is 82.2 Å². The van der Waals surface area contributed by atoms with Gasteiger partial charge in [0.1, 0.15) is 12.4 Å². The lowest BCUT2D eigenvalue weighted by atomic mass is 10.1. The summed E-state index contributed by atoms with van der Waals surface area (Å²) in [6.07, 6.45) is 0. The maximum atomic E-state index is 12.8. The molecule has 8 nitrogen and oxygen atoms in total. The first kappa shape index (κ1) is 23.4. The number of Topliss-reactive ketones (excluding diaryl/α,β-unsaturated/α-hetero) is 1. The van der Waals surface area contributed by atoms with Crippen LogP contribution in [-0.4, -0.2) is 43.7 Å². The number of amidine groups is 1. The highest BCUT2D eigenvalue weighted by Crippen LogP contribution is 2.24. The molecule has 1 N–H and O–H groups in total. The minimum atomic E-state index is -3.69. The van der Waals surface area contributed by atoms with Gasteiger partial charge in [0, 0.05) is 28.2 Å². The predicted octanol–water partition coefficient (Wildman–Crippen LogP) is 3.18. The van der Waals surface area contributed by atoms with Crippen molar-refractivity contribution in [2.75, 3.05) is 13.2 Å². The Labute approximate surface area is 198 Å². The van der Waals surface area contributed by atoms with Gasteiger partial charge < -0.3 is 9.30 Å². The first-order chi connectivity index (χ1) is 16.1. The molecule has 0 radical (unpaired) electrons. The normalized spacial score (nSPS) is 15.1. The molecule has 1 aliphatic rings. The molecule has 176 valence electrons. The summed E-state index contributed by atoms with van der Waals surface area (Å²) in [4.78, 5) is 29.1. The lowest BCUT2D eigenvalue weighted by Crippen LogP contribution is -2.24. The summed E-state index contributed by atoms with van der Waals surface area (Å²) in [5.41, 5.74) is 5.75. The monoisotopic (exact) mass is 479 g/mol. The van der Waals surface area contributed by atoms with Crippen molar-refractivity contribution in [2.24, 2.45) is 4.99 Å². The minimum Gasteiger partial charge on any atom is -0.456 e. The number of aliphatic imine (C=N–C) groups is 1. The molecule has 1 aliphatic heterocycles. The number of hydrogen-bond acceptors (Lipinski definition) is 6. The van der Waals surface area contributed by atoms with Crippen LogP contribution in [0.4, 0.5) is 0 Å². The third kappa shape index (κ3) is 4.51. The van der Waals surface area contributed by atoms with E-state index in [0.717, 1.165) is 28.2 Å². The smallest absolute Gasteiger partial charge is 0.328 e. The first-order valence-corrected chi connectivity index (χ1v) is 12.2. The Morgan fingerprint density at radius 1 is 1.00 bits per heavy atom. The van der Waals surface area contributed by atoms with E-state index in [9.17, 15) is 18.0 Å². The summed E-state index contributed by atoms with van der Waals surface area (Å²) in [6.45, 7) is 6.98. The van der Waals surface area contributed by atoms with E-state index in [0.29, 0.717) is 11.1 Å². The summed E-state index contributed by atoms with van der Waals surface area (Å²) in [6, 6.07) is 14.3. The van der Waals surface area contributed by atoms with Crippen LogP contribution in [0, 0.1) is 27.7 Å². The van der Waals surface area contributed by atoms with Gasteiger partial charge in [-0.05, 0) is 69.2 Å². The number of hydrogen-bond donors (Lipinski definition) is 1. The van der Waals surface area contributed by atoms with E-state index in [-0.39, 0.29) is 16.5 Å². The SMILES string of the molecule is Cc1cc(C)cc(-n2c(C)cc(C(=O)COC(=O)CN=C3NS(=O)(=O)c4ccccc43)c2C)c1. The highest BCUT2D eigenvalue weighted by molar-refractivity contribution is 7.90. The fraction of sp³-hybridized carbons (Fsp3) is 0.240. The van der Waals surface area contributed by atoms with Crippen LogP contribution in [0.1, 0.15) is 38.4 Å².